The molecule has 1 aromatic heterocycles. The van der Waals surface area contributed by atoms with Crippen LogP contribution in [0.5, 0.6) is 0 Å². The van der Waals surface area contributed by atoms with Crippen molar-refractivity contribution in [2.24, 2.45) is 0 Å². The van der Waals surface area contributed by atoms with Gasteiger partial charge in [-0.2, -0.15) is 0 Å². The largest absolute Gasteiger partial charge is 0.388 e. The second-order valence-corrected chi connectivity index (χ2v) is 4.74. The lowest BCUT2D eigenvalue weighted by molar-refractivity contribution is 0.172. The van der Waals surface area contributed by atoms with Crippen LogP contribution in [0.4, 0.5) is 0 Å². The van der Waals surface area contributed by atoms with Gasteiger partial charge in [0, 0.05) is 11.8 Å². The monoisotopic (exact) mass is 257 g/mol. The molecule has 0 saturated heterocycles. The molecule has 3 heteroatoms. The minimum atomic E-state index is -0.556. The fraction of sp³-hybridized carbons (Fsp3) is 0.312. The highest BCUT2D eigenvalue weighted by Gasteiger charge is 2.12. The van der Waals surface area contributed by atoms with Gasteiger partial charge in [-0.05, 0) is 30.5 Å². The van der Waals surface area contributed by atoms with Crippen molar-refractivity contribution < 1.29 is 5.11 Å². The molecule has 0 fully saturated rings. The average molecular weight is 257 g/mol. The SMILES string of the molecule is CCC(O)c1ccn(Cc2ccccc2)c(=O)c1C. The Labute approximate surface area is 113 Å². The summed E-state index contributed by atoms with van der Waals surface area (Å²) in [6.07, 6.45) is 1.82. The van der Waals surface area contributed by atoms with Crippen LogP contribution in [-0.4, -0.2) is 9.67 Å². The van der Waals surface area contributed by atoms with Gasteiger partial charge in [0.1, 0.15) is 0 Å². The minimum absolute atomic E-state index is 0.0335. The summed E-state index contributed by atoms with van der Waals surface area (Å²) < 4.78 is 1.68. The molecule has 0 aliphatic carbocycles. The van der Waals surface area contributed by atoms with Crippen molar-refractivity contribution in [2.45, 2.75) is 32.9 Å². The molecule has 19 heavy (non-hydrogen) atoms. The fourth-order valence-electron chi connectivity index (χ4n) is 2.19. The summed E-state index contributed by atoms with van der Waals surface area (Å²) in [7, 11) is 0. The second kappa shape index (κ2) is 5.85. The zero-order valence-electron chi connectivity index (χ0n) is 11.3. The van der Waals surface area contributed by atoms with Gasteiger partial charge in [0.25, 0.3) is 5.56 Å². The van der Waals surface area contributed by atoms with Crippen molar-refractivity contribution in [3.63, 3.8) is 0 Å². The maximum Gasteiger partial charge on any atom is 0.254 e. The van der Waals surface area contributed by atoms with Crippen molar-refractivity contribution in [3.05, 3.63) is 69.6 Å². The zero-order valence-corrected chi connectivity index (χ0v) is 11.3. The predicted molar refractivity (Wildman–Crippen MR) is 76.2 cm³/mol. The molecular weight excluding hydrogens is 238 g/mol. The van der Waals surface area contributed by atoms with Gasteiger partial charge in [0.05, 0.1) is 12.6 Å². The molecule has 1 heterocycles. The molecule has 1 atom stereocenters. The maximum atomic E-state index is 12.3. The number of aliphatic hydroxyl groups is 1. The lowest BCUT2D eigenvalue weighted by Gasteiger charge is -2.14. The van der Waals surface area contributed by atoms with Crippen LogP contribution in [0.25, 0.3) is 0 Å². The van der Waals surface area contributed by atoms with Crippen LogP contribution < -0.4 is 5.56 Å². The van der Waals surface area contributed by atoms with Crippen LogP contribution in [0.2, 0.25) is 0 Å². The van der Waals surface area contributed by atoms with E-state index in [9.17, 15) is 9.90 Å². The minimum Gasteiger partial charge on any atom is -0.388 e. The second-order valence-electron chi connectivity index (χ2n) is 4.74. The molecule has 100 valence electrons. The van der Waals surface area contributed by atoms with E-state index in [0.717, 1.165) is 11.1 Å². The van der Waals surface area contributed by atoms with Crippen molar-refractivity contribution in [2.75, 3.05) is 0 Å². The molecule has 3 nitrogen and oxygen atoms in total. The number of rotatable bonds is 4. The first-order valence-corrected chi connectivity index (χ1v) is 6.55. The van der Waals surface area contributed by atoms with Crippen LogP contribution in [-0.2, 0) is 6.54 Å². The van der Waals surface area contributed by atoms with Crippen LogP contribution in [0, 0.1) is 6.92 Å². The first kappa shape index (κ1) is 13.6. The van der Waals surface area contributed by atoms with Gasteiger partial charge >= 0.3 is 0 Å². The Hall–Kier alpha value is -1.87. The fourth-order valence-corrected chi connectivity index (χ4v) is 2.19. The number of benzene rings is 1. The molecule has 0 saturated carbocycles. The zero-order chi connectivity index (χ0) is 13.8. The molecule has 0 radical (unpaired) electrons. The highest BCUT2D eigenvalue weighted by Crippen LogP contribution is 2.17. The van der Waals surface area contributed by atoms with Crippen LogP contribution >= 0.6 is 0 Å². The van der Waals surface area contributed by atoms with E-state index in [-0.39, 0.29) is 5.56 Å². The van der Waals surface area contributed by atoms with Crippen LogP contribution in [0.15, 0.2) is 47.4 Å². The molecule has 1 unspecified atom stereocenters. The Morgan fingerprint density at radius 3 is 2.53 bits per heavy atom. The van der Waals surface area contributed by atoms with Gasteiger partial charge in [0.2, 0.25) is 0 Å². The lowest BCUT2D eigenvalue weighted by Crippen LogP contribution is -2.24. The van der Waals surface area contributed by atoms with Crippen molar-refractivity contribution >= 4 is 0 Å². The molecule has 2 aromatic rings. The Bertz CT molecular complexity index is 602. The Morgan fingerprint density at radius 2 is 1.89 bits per heavy atom. The topological polar surface area (TPSA) is 42.2 Å². The Balaban J connectivity index is 2.34. The van der Waals surface area contributed by atoms with Crippen molar-refractivity contribution in [1.82, 2.24) is 4.57 Å². The first-order chi connectivity index (χ1) is 9.13. The molecule has 0 amide bonds. The summed E-state index contributed by atoms with van der Waals surface area (Å²) in [5, 5.41) is 9.87. The third-order valence-electron chi connectivity index (χ3n) is 3.39. The Morgan fingerprint density at radius 1 is 1.21 bits per heavy atom. The van der Waals surface area contributed by atoms with Gasteiger partial charge in [-0.25, -0.2) is 0 Å². The third-order valence-corrected chi connectivity index (χ3v) is 3.39. The quantitative estimate of drug-likeness (QED) is 0.915. The van der Waals surface area contributed by atoms with Crippen molar-refractivity contribution in [3.8, 4) is 0 Å². The third kappa shape index (κ3) is 2.93. The molecule has 1 N–H and O–H groups in total. The predicted octanol–water partition coefficient (Wildman–Crippen LogP) is 2.65. The van der Waals surface area contributed by atoms with E-state index in [1.165, 1.54) is 0 Å². The van der Waals surface area contributed by atoms with E-state index in [4.69, 9.17) is 0 Å². The average Bonchev–Trinajstić information content (AvgIpc) is 2.44. The number of pyridine rings is 1. The van der Waals surface area contributed by atoms with Gasteiger partial charge in [-0.15, -0.1) is 0 Å². The summed E-state index contributed by atoms with van der Waals surface area (Å²) >= 11 is 0. The maximum absolute atomic E-state index is 12.3. The summed E-state index contributed by atoms with van der Waals surface area (Å²) in [6, 6.07) is 11.7. The number of hydrogen-bond acceptors (Lipinski definition) is 2. The molecule has 0 aliphatic rings. The van der Waals surface area contributed by atoms with Crippen molar-refractivity contribution in [1.29, 1.82) is 0 Å². The van der Waals surface area contributed by atoms with E-state index in [1.54, 1.807) is 17.7 Å². The van der Waals surface area contributed by atoms with Crippen LogP contribution in [0.3, 0.4) is 0 Å². The summed E-state index contributed by atoms with van der Waals surface area (Å²) in [6.45, 7) is 4.24. The van der Waals surface area contributed by atoms with Crippen LogP contribution in [0.1, 0.15) is 36.1 Å². The summed E-state index contributed by atoms with van der Waals surface area (Å²) in [5.74, 6) is 0. The molecule has 1 aromatic carbocycles. The number of aliphatic hydroxyl groups excluding tert-OH is 1. The number of aromatic nitrogens is 1. The van der Waals surface area contributed by atoms with E-state index in [1.807, 2.05) is 43.3 Å². The summed E-state index contributed by atoms with van der Waals surface area (Å²) in [5.41, 5.74) is 2.42. The molecular formula is C16H19NO2. The van der Waals surface area contributed by atoms with Gasteiger partial charge in [-0.3, -0.25) is 4.79 Å². The molecule has 2 rings (SSSR count). The van der Waals surface area contributed by atoms with E-state index >= 15 is 0 Å². The standard InChI is InChI=1S/C16H19NO2/c1-3-15(18)14-9-10-17(16(19)12(14)2)11-13-7-5-4-6-8-13/h4-10,15,18H,3,11H2,1-2H3. The molecule has 0 spiro atoms. The molecule has 0 bridgehead atoms. The number of nitrogens with zero attached hydrogens (tertiary/aromatic N) is 1. The first-order valence-electron chi connectivity index (χ1n) is 6.55. The van der Waals surface area contributed by atoms with Gasteiger partial charge in [-0.1, -0.05) is 37.3 Å². The van der Waals surface area contributed by atoms with E-state index in [0.29, 0.717) is 18.5 Å². The van der Waals surface area contributed by atoms with Gasteiger partial charge in [0.15, 0.2) is 0 Å². The highest BCUT2D eigenvalue weighted by atomic mass is 16.3. The Kier molecular flexibility index (Phi) is 4.17. The normalized spacial score (nSPS) is 12.4. The van der Waals surface area contributed by atoms with E-state index in [2.05, 4.69) is 0 Å². The lowest BCUT2D eigenvalue weighted by atomic mass is 10.0. The molecule has 0 aliphatic heterocycles. The summed E-state index contributed by atoms with van der Waals surface area (Å²) in [4.78, 5) is 12.3. The number of hydrogen-bond donors (Lipinski definition) is 1. The smallest absolute Gasteiger partial charge is 0.254 e. The van der Waals surface area contributed by atoms with Gasteiger partial charge < -0.3 is 9.67 Å². The van der Waals surface area contributed by atoms with E-state index < -0.39 is 6.10 Å². The highest BCUT2D eigenvalue weighted by molar-refractivity contribution is 5.25.